The van der Waals surface area contributed by atoms with Crippen molar-refractivity contribution in [1.82, 2.24) is 5.32 Å². The lowest BCUT2D eigenvalue weighted by Crippen LogP contribution is -2.50. The number of esters is 1. The second-order valence-electron chi connectivity index (χ2n) is 4.99. The van der Waals surface area contributed by atoms with Crippen LogP contribution in [0.15, 0.2) is 0 Å². The van der Waals surface area contributed by atoms with Gasteiger partial charge in [0.15, 0.2) is 0 Å². The van der Waals surface area contributed by atoms with Gasteiger partial charge in [-0.15, -0.1) is 0 Å². The van der Waals surface area contributed by atoms with Crippen LogP contribution >= 0.6 is 0 Å². The third kappa shape index (κ3) is 2.33. The first-order valence-electron chi connectivity index (χ1n) is 6.11. The molecule has 0 unspecified atom stereocenters. The van der Waals surface area contributed by atoms with Crippen molar-refractivity contribution in [3.8, 4) is 0 Å². The Kier molecular flexibility index (Phi) is 3.29. The van der Waals surface area contributed by atoms with E-state index >= 15 is 0 Å². The number of carbonyl (C=O) groups excluding carboxylic acids is 1. The largest absolute Gasteiger partial charge is 0.462 e. The Morgan fingerprint density at radius 2 is 2.13 bits per heavy atom. The monoisotopic (exact) mass is 211 g/mol. The highest BCUT2D eigenvalue weighted by atomic mass is 16.5. The summed E-state index contributed by atoms with van der Waals surface area (Å²) in [5.74, 6) is -0.119. The fourth-order valence-corrected chi connectivity index (χ4v) is 3.14. The highest BCUT2D eigenvalue weighted by Gasteiger charge is 2.43. The molecule has 1 heterocycles. The summed E-state index contributed by atoms with van der Waals surface area (Å²) < 4.78 is 5.51. The molecule has 0 aromatic heterocycles. The summed E-state index contributed by atoms with van der Waals surface area (Å²) in [6.07, 6.45) is 7.38. The lowest BCUT2D eigenvalue weighted by Gasteiger charge is -2.46. The average Bonchev–Trinajstić information content (AvgIpc) is 2.23. The van der Waals surface area contributed by atoms with Crippen LogP contribution in [0.5, 0.6) is 0 Å². The summed E-state index contributed by atoms with van der Waals surface area (Å²) in [4.78, 5) is 11.1. The van der Waals surface area contributed by atoms with E-state index in [0.29, 0.717) is 0 Å². The van der Waals surface area contributed by atoms with Crippen molar-refractivity contribution < 1.29 is 9.53 Å². The standard InChI is InChI=1S/C12H21NO2/c1-10(14)15-11-5-2-3-6-12(11)7-4-8-13-9-12/h11,13H,2-9H2,1H3/t11-,12-/m0/s1. The number of rotatable bonds is 1. The Morgan fingerprint density at radius 3 is 2.80 bits per heavy atom. The molecule has 2 atom stereocenters. The molecule has 1 saturated heterocycles. The first-order valence-corrected chi connectivity index (χ1v) is 6.11. The second kappa shape index (κ2) is 4.52. The lowest BCUT2D eigenvalue weighted by molar-refractivity contribution is -0.158. The molecule has 86 valence electrons. The lowest BCUT2D eigenvalue weighted by atomic mass is 9.67. The molecule has 1 N–H and O–H groups in total. The van der Waals surface area contributed by atoms with Crippen LogP contribution in [0.25, 0.3) is 0 Å². The third-order valence-electron chi connectivity index (χ3n) is 3.89. The normalized spacial score (nSPS) is 36.5. The van der Waals surface area contributed by atoms with Gasteiger partial charge in [-0.3, -0.25) is 4.79 Å². The number of piperidine rings is 1. The van der Waals surface area contributed by atoms with E-state index in [0.717, 1.165) is 19.5 Å². The molecule has 15 heavy (non-hydrogen) atoms. The molecule has 3 heteroatoms. The topological polar surface area (TPSA) is 38.3 Å². The number of hydrogen-bond donors (Lipinski definition) is 1. The van der Waals surface area contributed by atoms with Gasteiger partial charge in [-0.05, 0) is 38.6 Å². The summed E-state index contributed by atoms with van der Waals surface area (Å²) in [7, 11) is 0. The highest BCUT2D eigenvalue weighted by Crippen LogP contribution is 2.43. The van der Waals surface area contributed by atoms with Crippen LogP contribution in [-0.4, -0.2) is 25.2 Å². The maximum atomic E-state index is 11.1. The molecule has 2 fully saturated rings. The van der Waals surface area contributed by atoms with Gasteiger partial charge in [-0.25, -0.2) is 0 Å². The van der Waals surface area contributed by atoms with Crippen LogP contribution in [0.2, 0.25) is 0 Å². The van der Waals surface area contributed by atoms with Crippen molar-refractivity contribution >= 4 is 5.97 Å². The van der Waals surface area contributed by atoms with Crippen LogP contribution in [0.1, 0.15) is 45.4 Å². The van der Waals surface area contributed by atoms with Gasteiger partial charge in [0.2, 0.25) is 0 Å². The Hall–Kier alpha value is -0.570. The SMILES string of the molecule is CC(=O)O[C@H]1CCCC[C@@]12CCCNC2. The van der Waals surface area contributed by atoms with Crippen LogP contribution in [-0.2, 0) is 9.53 Å². The van der Waals surface area contributed by atoms with Gasteiger partial charge >= 0.3 is 5.97 Å². The van der Waals surface area contributed by atoms with Crippen molar-refractivity contribution in [2.75, 3.05) is 13.1 Å². The average molecular weight is 211 g/mol. The van der Waals surface area contributed by atoms with Crippen LogP contribution in [0, 0.1) is 5.41 Å². The van der Waals surface area contributed by atoms with Gasteiger partial charge < -0.3 is 10.1 Å². The molecule has 0 aromatic carbocycles. The first-order chi connectivity index (χ1) is 7.23. The van der Waals surface area contributed by atoms with Gasteiger partial charge in [0.25, 0.3) is 0 Å². The van der Waals surface area contributed by atoms with E-state index in [4.69, 9.17) is 4.74 Å². The van der Waals surface area contributed by atoms with Gasteiger partial charge in [0, 0.05) is 18.9 Å². The molecular weight excluding hydrogens is 190 g/mol. The number of carbonyl (C=O) groups is 1. The number of ether oxygens (including phenoxy) is 1. The molecule has 1 spiro atoms. The van der Waals surface area contributed by atoms with Crippen molar-refractivity contribution in [3.63, 3.8) is 0 Å². The van der Waals surface area contributed by atoms with Crippen molar-refractivity contribution in [3.05, 3.63) is 0 Å². The Labute approximate surface area is 91.6 Å². The quantitative estimate of drug-likeness (QED) is 0.673. The van der Waals surface area contributed by atoms with E-state index in [2.05, 4.69) is 5.32 Å². The zero-order chi connectivity index (χ0) is 10.7. The van der Waals surface area contributed by atoms with Crippen LogP contribution < -0.4 is 5.32 Å². The van der Waals surface area contributed by atoms with E-state index in [1.165, 1.54) is 39.0 Å². The minimum atomic E-state index is -0.119. The molecule has 0 amide bonds. The predicted octanol–water partition coefficient (Wildman–Crippen LogP) is 1.86. The molecule has 1 aliphatic carbocycles. The molecular formula is C12H21NO2. The summed E-state index contributed by atoms with van der Waals surface area (Å²) in [6.45, 7) is 3.68. The fraction of sp³-hybridized carbons (Fsp3) is 0.917. The Bertz CT molecular complexity index is 226. The van der Waals surface area contributed by atoms with E-state index in [9.17, 15) is 4.79 Å². The summed E-state index contributed by atoms with van der Waals surface area (Å²) in [5.41, 5.74) is 0.252. The summed E-state index contributed by atoms with van der Waals surface area (Å²) >= 11 is 0. The van der Waals surface area contributed by atoms with Gasteiger partial charge in [0.05, 0.1) is 0 Å². The van der Waals surface area contributed by atoms with E-state index in [-0.39, 0.29) is 17.5 Å². The first kappa shape index (κ1) is 10.9. The molecule has 0 bridgehead atoms. The molecule has 2 aliphatic rings. The van der Waals surface area contributed by atoms with E-state index < -0.39 is 0 Å². The Balaban J connectivity index is 2.06. The minimum absolute atomic E-state index is 0.119. The van der Waals surface area contributed by atoms with Crippen molar-refractivity contribution in [1.29, 1.82) is 0 Å². The molecule has 1 aliphatic heterocycles. The fourth-order valence-electron chi connectivity index (χ4n) is 3.14. The third-order valence-corrected chi connectivity index (χ3v) is 3.89. The van der Waals surface area contributed by atoms with Crippen LogP contribution in [0.4, 0.5) is 0 Å². The van der Waals surface area contributed by atoms with Crippen LogP contribution in [0.3, 0.4) is 0 Å². The van der Waals surface area contributed by atoms with E-state index in [1.807, 2.05) is 0 Å². The number of hydrogen-bond acceptors (Lipinski definition) is 3. The highest BCUT2D eigenvalue weighted by molar-refractivity contribution is 5.66. The molecule has 2 rings (SSSR count). The second-order valence-corrected chi connectivity index (χ2v) is 4.99. The number of nitrogens with one attached hydrogen (secondary N) is 1. The molecule has 1 saturated carbocycles. The van der Waals surface area contributed by atoms with Crippen molar-refractivity contribution in [2.24, 2.45) is 5.41 Å². The zero-order valence-corrected chi connectivity index (χ0v) is 9.55. The summed E-state index contributed by atoms with van der Waals surface area (Å²) in [5, 5.41) is 3.46. The van der Waals surface area contributed by atoms with Gasteiger partial charge in [-0.1, -0.05) is 6.42 Å². The Morgan fingerprint density at radius 1 is 1.33 bits per heavy atom. The minimum Gasteiger partial charge on any atom is -0.462 e. The zero-order valence-electron chi connectivity index (χ0n) is 9.55. The maximum absolute atomic E-state index is 11.1. The molecule has 0 radical (unpaired) electrons. The predicted molar refractivity (Wildman–Crippen MR) is 58.6 cm³/mol. The summed E-state index contributed by atoms with van der Waals surface area (Å²) in [6, 6.07) is 0. The van der Waals surface area contributed by atoms with Gasteiger partial charge in [-0.2, -0.15) is 0 Å². The smallest absolute Gasteiger partial charge is 0.302 e. The molecule has 3 nitrogen and oxygen atoms in total. The maximum Gasteiger partial charge on any atom is 0.302 e. The van der Waals surface area contributed by atoms with Gasteiger partial charge in [0.1, 0.15) is 6.10 Å². The van der Waals surface area contributed by atoms with E-state index in [1.54, 1.807) is 0 Å². The molecule has 0 aromatic rings. The van der Waals surface area contributed by atoms with Crippen molar-refractivity contribution in [2.45, 2.75) is 51.6 Å².